The molecule has 0 unspecified atom stereocenters. The molecule has 7 heteroatoms. The molecule has 0 aliphatic carbocycles. The van der Waals surface area contributed by atoms with E-state index in [1.165, 1.54) is 12.1 Å². The van der Waals surface area contributed by atoms with E-state index < -0.39 is 34.5 Å². The third-order valence-corrected chi connectivity index (χ3v) is 2.21. The zero-order valence-electron chi connectivity index (χ0n) is 9.35. The molecule has 1 aromatic rings. The average molecular weight is 257 g/mol. The summed E-state index contributed by atoms with van der Waals surface area (Å²) in [5.74, 6) is -6.18. The fourth-order valence-electron chi connectivity index (χ4n) is 1.26. The van der Waals surface area contributed by atoms with Crippen molar-refractivity contribution in [1.29, 1.82) is 0 Å². The van der Waals surface area contributed by atoms with Gasteiger partial charge in [0.2, 0.25) is 5.78 Å². The molecule has 0 heterocycles. The van der Waals surface area contributed by atoms with E-state index in [1.54, 1.807) is 0 Å². The van der Waals surface area contributed by atoms with Crippen molar-refractivity contribution in [2.24, 2.45) is 0 Å². The number of halogens is 2. The number of benzene rings is 1. The number of nitro benzene ring substituents is 1. The summed E-state index contributed by atoms with van der Waals surface area (Å²) in [4.78, 5) is 32.4. The lowest BCUT2D eigenvalue weighted by atomic mass is 10.0. The fraction of sp³-hybridized carbons (Fsp3) is 0.273. The van der Waals surface area contributed by atoms with E-state index in [1.807, 2.05) is 0 Å². The van der Waals surface area contributed by atoms with Gasteiger partial charge in [0.05, 0.1) is 16.9 Å². The van der Waals surface area contributed by atoms with Crippen LogP contribution in [0.3, 0.4) is 0 Å². The van der Waals surface area contributed by atoms with Gasteiger partial charge in [0.15, 0.2) is 5.78 Å². The molecule has 0 saturated heterocycles. The van der Waals surface area contributed by atoms with Crippen molar-refractivity contribution in [2.45, 2.75) is 19.3 Å². The van der Waals surface area contributed by atoms with Crippen molar-refractivity contribution >= 4 is 17.3 Å². The van der Waals surface area contributed by atoms with Crippen LogP contribution >= 0.6 is 0 Å². The van der Waals surface area contributed by atoms with Gasteiger partial charge >= 0.3 is 5.92 Å². The molecule has 0 aromatic heterocycles. The number of hydrogen-bond acceptors (Lipinski definition) is 4. The number of carbonyl (C=O) groups excluding carboxylic acids is 2. The van der Waals surface area contributed by atoms with Gasteiger partial charge in [0.25, 0.3) is 5.69 Å². The molecule has 0 spiro atoms. The Morgan fingerprint density at radius 2 is 1.89 bits per heavy atom. The summed E-state index contributed by atoms with van der Waals surface area (Å²) in [6.07, 6.45) is -1.06. The van der Waals surface area contributed by atoms with Crippen molar-refractivity contribution in [3.05, 3.63) is 39.9 Å². The molecule has 0 N–H and O–H groups in total. The Hall–Kier alpha value is -2.18. The standard InChI is InChI=1S/C11H9F2NO4/c1-11(12,13)10(16)6-9(15)7-4-2-3-5-8(7)14(17)18/h2-5H,6H2,1H3. The predicted molar refractivity (Wildman–Crippen MR) is 57.7 cm³/mol. The minimum atomic E-state index is -3.63. The summed E-state index contributed by atoms with van der Waals surface area (Å²) < 4.78 is 25.2. The van der Waals surface area contributed by atoms with Crippen LogP contribution in [0.4, 0.5) is 14.5 Å². The highest BCUT2D eigenvalue weighted by Gasteiger charge is 2.34. The van der Waals surface area contributed by atoms with Gasteiger partial charge in [0.1, 0.15) is 0 Å². The molecular formula is C11H9F2NO4. The molecular weight excluding hydrogens is 248 g/mol. The number of hydrogen-bond donors (Lipinski definition) is 0. The second kappa shape index (κ2) is 4.99. The Balaban J connectivity index is 2.99. The number of carbonyl (C=O) groups is 2. The Kier molecular flexibility index (Phi) is 3.85. The summed E-state index contributed by atoms with van der Waals surface area (Å²) in [6, 6.07) is 4.89. The second-order valence-electron chi connectivity index (χ2n) is 3.69. The molecule has 0 atom stereocenters. The molecule has 18 heavy (non-hydrogen) atoms. The van der Waals surface area contributed by atoms with Gasteiger partial charge in [-0.1, -0.05) is 12.1 Å². The van der Waals surface area contributed by atoms with E-state index in [9.17, 15) is 28.5 Å². The summed E-state index contributed by atoms with van der Waals surface area (Å²) in [5.41, 5.74) is -0.852. The van der Waals surface area contributed by atoms with Crippen molar-refractivity contribution in [3.63, 3.8) is 0 Å². The number of nitrogens with zero attached hydrogens (tertiary/aromatic N) is 1. The fourth-order valence-corrected chi connectivity index (χ4v) is 1.26. The Bertz CT molecular complexity index is 508. The first-order valence-electron chi connectivity index (χ1n) is 4.91. The van der Waals surface area contributed by atoms with E-state index in [4.69, 9.17) is 0 Å². The van der Waals surface area contributed by atoms with Crippen LogP contribution in [0, 0.1) is 10.1 Å². The molecule has 0 aliphatic heterocycles. The minimum Gasteiger partial charge on any atom is -0.293 e. The largest absolute Gasteiger partial charge is 0.303 e. The lowest BCUT2D eigenvalue weighted by Crippen LogP contribution is -2.26. The average Bonchev–Trinajstić information content (AvgIpc) is 2.27. The number of rotatable bonds is 5. The number of nitro groups is 1. The van der Waals surface area contributed by atoms with Crippen LogP contribution in [-0.4, -0.2) is 22.4 Å². The monoisotopic (exact) mass is 257 g/mol. The first-order valence-corrected chi connectivity index (χ1v) is 4.91. The Morgan fingerprint density at radius 1 is 1.33 bits per heavy atom. The van der Waals surface area contributed by atoms with Gasteiger partial charge in [-0.3, -0.25) is 19.7 Å². The quantitative estimate of drug-likeness (QED) is 0.351. The van der Waals surface area contributed by atoms with Gasteiger partial charge in [-0.25, -0.2) is 0 Å². The highest BCUT2D eigenvalue weighted by molar-refractivity contribution is 6.11. The lowest BCUT2D eigenvalue weighted by molar-refractivity contribution is -0.385. The molecule has 0 radical (unpaired) electrons. The molecule has 96 valence electrons. The van der Waals surface area contributed by atoms with Crippen molar-refractivity contribution < 1.29 is 23.3 Å². The van der Waals surface area contributed by atoms with Crippen LogP contribution in [-0.2, 0) is 4.79 Å². The summed E-state index contributed by atoms with van der Waals surface area (Å²) >= 11 is 0. The van der Waals surface area contributed by atoms with Crippen LogP contribution in [0.2, 0.25) is 0 Å². The summed E-state index contributed by atoms with van der Waals surface area (Å²) in [7, 11) is 0. The topological polar surface area (TPSA) is 77.3 Å². The molecule has 5 nitrogen and oxygen atoms in total. The number of alkyl halides is 2. The molecule has 0 amide bonds. The van der Waals surface area contributed by atoms with Gasteiger partial charge in [-0.15, -0.1) is 0 Å². The summed E-state index contributed by atoms with van der Waals surface area (Å²) in [5, 5.41) is 10.6. The Morgan fingerprint density at radius 3 is 2.39 bits per heavy atom. The third-order valence-electron chi connectivity index (χ3n) is 2.21. The first kappa shape index (κ1) is 13.9. The van der Waals surface area contributed by atoms with E-state index in [-0.39, 0.29) is 5.56 Å². The predicted octanol–water partition coefficient (Wildman–Crippen LogP) is 2.39. The molecule has 0 saturated carbocycles. The summed E-state index contributed by atoms with van der Waals surface area (Å²) in [6.45, 7) is 0.377. The second-order valence-corrected chi connectivity index (χ2v) is 3.69. The van der Waals surface area contributed by atoms with E-state index in [0.717, 1.165) is 12.1 Å². The molecule has 1 aromatic carbocycles. The molecule has 0 fully saturated rings. The normalized spacial score (nSPS) is 11.1. The van der Waals surface area contributed by atoms with E-state index >= 15 is 0 Å². The van der Waals surface area contributed by atoms with E-state index in [2.05, 4.69) is 0 Å². The smallest absolute Gasteiger partial charge is 0.293 e. The zero-order chi connectivity index (χ0) is 13.9. The Labute approximate surface area is 101 Å². The van der Waals surface area contributed by atoms with Crippen molar-refractivity contribution in [2.75, 3.05) is 0 Å². The molecule has 1 rings (SSSR count). The highest BCUT2D eigenvalue weighted by atomic mass is 19.3. The number of Topliss-reactive ketones (excluding diaryl/α,β-unsaturated/α-hetero) is 2. The molecule has 0 bridgehead atoms. The van der Waals surface area contributed by atoms with Gasteiger partial charge in [-0.2, -0.15) is 8.78 Å². The lowest BCUT2D eigenvalue weighted by Gasteiger charge is -2.07. The minimum absolute atomic E-state index is 0.347. The maximum Gasteiger partial charge on any atom is 0.303 e. The van der Waals surface area contributed by atoms with Crippen LogP contribution in [0.1, 0.15) is 23.7 Å². The maximum absolute atomic E-state index is 12.6. The van der Waals surface area contributed by atoms with Gasteiger partial charge in [-0.05, 0) is 6.07 Å². The van der Waals surface area contributed by atoms with Crippen LogP contribution in [0.5, 0.6) is 0 Å². The SMILES string of the molecule is CC(F)(F)C(=O)CC(=O)c1ccccc1[N+](=O)[O-]. The molecule has 0 aliphatic rings. The number of para-hydroxylation sites is 1. The van der Waals surface area contributed by atoms with E-state index in [0.29, 0.717) is 6.92 Å². The van der Waals surface area contributed by atoms with Crippen molar-refractivity contribution in [1.82, 2.24) is 0 Å². The van der Waals surface area contributed by atoms with Gasteiger partial charge < -0.3 is 0 Å². The third kappa shape index (κ3) is 3.16. The first-order chi connectivity index (χ1) is 8.23. The van der Waals surface area contributed by atoms with Crippen LogP contribution in [0.25, 0.3) is 0 Å². The van der Waals surface area contributed by atoms with Crippen molar-refractivity contribution in [3.8, 4) is 0 Å². The van der Waals surface area contributed by atoms with Crippen LogP contribution in [0.15, 0.2) is 24.3 Å². The number of ketones is 2. The zero-order valence-corrected chi connectivity index (χ0v) is 9.35. The maximum atomic E-state index is 12.6. The van der Waals surface area contributed by atoms with Crippen LogP contribution < -0.4 is 0 Å². The van der Waals surface area contributed by atoms with Gasteiger partial charge in [0, 0.05) is 13.0 Å². The highest BCUT2D eigenvalue weighted by Crippen LogP contribution is 2.22.